The highest BCUT2D eigenvalue weighted by Gasteiger charge is 2.59. The predicted molar refractivity (Wildman–Crippen MR) is 149 cm³/mol. The molecule has 0 radical (unpaired) electrons. The van der Waals surface area contributed by atoms with E-state index in [4.69, 9.17) is 19.9 Å². The summed E-state index contributed by atoms with van der Waals surface area (Å²) in [4.78, 5) is 21.1. The highest BCUT2D eigenvalue weighted by molar-refractivity contribution is 7.47. The molecule has 8 heteroatoms. The molecular weight excluding hydrogens is 501 g/mol. The Labute approximate surface area is 229 Å². The van der Waals surface area contributed by atoms with Crippen molar-refractivity contribution in [3.8, 4) is 0 Å². The van der Waals surface area contributed by atoms with Crippen LogP contribution in [0.1, 0.15) is 105 Å². The van der Waals surface area contributed by atoms with Crippen LogP contribution in [0.3, 0.4) is 0 Å². The summed E-state index contributed by atoms with van der Waals surface area (Å²) >= 11 is 0. The Bertz CT molecular complexity index is 938. The predicted octanol–water partition coefficient (Wildman–Crippen LogP) is 6.94. The number of hydrogen-bond acceptors (Lipinski definition) is 5. The molecule has 218 valence electrons. The number of rotatable bonds is 11. The van der Waals surface area contributed by atoms with Crippen molar-refractivity contribution in [2.24, 2.45) is 52.1 Å². The Morgan fingerprint density at radius 3 is 2.55 bits per heavy atom. The third kappa shape index (κ3) is 6.12. The van der Waals surface area contributed by atoms with E-state index in [0.717, 1.165) is 42.4 Å². The van der Waals surface area contributed by atoms with Gasteiger partial charge in [0.05, 0.1) is 12.7 Å². The third-order valence-corrected chi connectivity index (χ3v) is 12.3. The van der Waals surface area contributed by atoms with Gasteiger partial charge in [-0.1, -0.05) is 65.5 Å². The molecule has 0 aliphatic heterocycles. The van der Waals surface area contributed by atoms with E-state index < -0.39 is 32.5 Å². The van der Waals surface area contributed by atoms with Crippen LogP contribution < -0.4 is 5.73 Å². The van der Waals surface area contributed by atoms with Gasteiger partial charge in [-0.15, -0.1) is 0 Å². The average Bonchev–Trinajstić information content (AvgIpc) is 3.19. The molecule has 3 fully saturated rings. The number of fused-ring (bicyclic) bond motifs is 5. The minimum atomic E-state index is -4.38. The highest BCUT2D eigenvalue weighted by atomic mass is 31.2. The van der Waals surface area contributed by atoms with Crippen molar-refractivity contribution in [1.82, 2.24) is 0 Å². The lowest BCUT2D eigenvalue weighted by molar-refractivity contribution is -0.139. The van der Waals surface area contributed by atoms with E-state index in [-0.39, 0.29) is 5.41 Å². The van der Waals surface area contributed by atoms with Crippen molar-refractivity contribution >= 4 is 13.8 Å². The molecule has 4 rings (SSSR count). The maximum Gasteiger partial charge on any atom is 0.472 e. The molecule has 0 amide bonds. The lowest BCUT2D eigenvalue weighted by Gasteiger charge is -2.58. The van der Waals surface area contributed by atoms with E-state index in [1.54, 1.807) is 0 Å². The molecule has 0 aromatic carbocycles. The van der Waals surface area contributed by atoms with Crippen LogP contribution in [0.4, 0.5) is 0 Å². The lowest BCUT2D eigenvalue weighted by atomic mass is 9.47. The number of allylic oxidation sites excluding steroid dienone is 1. The Morgan fingerprint density at radius 2 is 1.87 bits per heavy atom. The van der Waals surface area contributed by atoms with Gasteiger partial charge in [0.15, 0.2) is 0 Å². The molecule has 10 atom stereocenters. The third-order valence-electron chi connectivity index (χ3n) is 11.3. The molecule has 0 saturated heterocycles. The van der Waals surface area contributed by atoms with Crippen LogP contribution >= 0.6 is 7.82 Å². The van der Waals surface area contributed by atoms with E-state index in [2.05, 4.69) is 40.7 Å². The summed E-state index contributed by atoms with van der Waals surface area (Å²) in [6, 6.07) is -1.36. The molecule has 0 bridgehead atoms. The Balaban J connectivity index is 1.39. The van der Waals surface area contributed by atoms with Crippen molar-refractivity contribution in [3.63, 3.8) is 0 Å². The number of hydrogen-bond donors (Lipinski definition) is 3. The first kappa shape index (κ1) is 30.2. The summed E-state index contributed by atoms with van der Waals surface area (Å²) in [5, 5.41) is 8.89. The summed E-state index contributed by atoms with van der Waals surface area (Å²) in [6.45, 7) is 11.7. The first-order valence-electron chi connectivity index (χ1n) is 15.1. The molecule has 4 aliphatic carbocycles. The van der Waals surface area contributed by atoms with Gasteiger partial charge in [-0.05, 0) is 97.7 Å². The molecule has 4 N–H and O–H groups in total. The smallest absolute Gasteiger partial charge is 0.472 e. The van der Waals surface area contributed by atoms with Crippen LogP contribution in [0.25, 0.3) is 0 Å². The standard InChI is InChI=1S/C30H52NO6P/c1-19(2)7-6-8-20(3)24-11-12-25-23-10-9-21-17-22(37-38(34,35)36-18-27(31)28(32)33)13-15-29(21,4)26(23)14-16-30(24,25)5/h9,19-20,22-27H,6-8,10-18,31H2,1-5H3,(H,32,33)(H,34,35)/t20-,22+,23?,24-,25?,26?,27-,29+,30-/m1/s1. The minimum absolute atomic E-state index is 0.122. The monoisotopic (exact) mass is 553 g/mol. The van der Waals surface area contributed by atoms with Crippen LogP contribution in [0.2, 0.25) is 0 Å². The summed E-state index contributed by atoms with van der Waals surface area (Å²) < 4.78 is 22.9. The van der Waals surface area contributed by atoms with Crippen molar-refractivity contribution in [1.29, 1.82) is 0 Å². The minimum Gasteiger partial charge on any atom is -0.480 e. The highest BCUT2D eigenvalue weighted by Crippen LogP contribution is 2.67. The van der Waals surface area contributed by atoms with Gasteiger partial charge in [-0.2, -0.15) is 0 Å². The van der Waals surface area contributed by atoms with Gasteiger partial charge >= 0.3 is 13.8 Å². The lowest BCUT2D eigenvalue weighted by Crippen LogP contribution is -2.51. The molecule has 7 nitrogen and oxygen atoms in total. The number of carboxylic acid groups (broad SMARTS) is 1. The van der Waals surface area contributed by atoms with Gasteiger partial charge in [-0.3, -0.25) is 13.8 Å². The summed E-state index contributed by atoms with van der Waals surface area (Å²) in [6.07, 6.45) is 14.8. The molecule has 4 aliphatic rings. The molecule has 0 spiro atoms. The molecule has 4 unspecified atom stereocenters. The number of carboxylic acids is 1. The average molecular weight is 554 g/mol. The molecular formula is C30H52NO6P. The zero-order valence-corrected chi connectivity index (χ0v) is 25.1. The quantitative estimate of drug-likeness (QED) is 0.187. The fourth-order valence-corrected chi connectivity index (χ4v) is 10.2. The summed E-state index contributed by atoms with van der Waals surface area (Å²) in [7, 11) is -4.38. The van der Waals surface area contributed by atoms with Gasteiger partial charge in [0.1, 0.15) is 6.04 Å². The second kappa shape index (κ2) is 11.6. The van der Waals surface area contributed by atoms with Crippen molar-refractivity contribution in [3.05, 3.63) is 11.6 Å². The Morgan fingerprint density at radius 1 is 1.13 bits per heavy atom. The van der Waals surface area contributed by atoms with Crippen molar-refractivity contribution < 1.29 is 28.4 Å². The zero-order valence-electron chi connectivity index (χ0n) is 24.2. The second-order valence-electron chi connectivity index (χ2n) is 14.0. The maximum absolute atomic E-state index is 12.5. The Hall–Kier alpha value is -0.720. The fraction of sp³-hybridized carbons (Fsp3) is 0.900. The molecule has 38 heavy (non-hydrogen) atoms. The van der Waals surface area contributed by atoms with Gasteiger partial charge in [-0.25, -0.2) is 4.57 Å². The molecule has 0 heterocycles. The first-order valence-corrected chi connectivity index (χ1v) is 16.6. The van der Waals surface area contributed by atoms with Crippen LogP contribution in [0.15, 0.2) is 11.6 Å². The van der Waals surface area contributed by atoms with Gasteiger partial charge < -0.3 is 15.7 Å². The van der Waals surface area contributed by atoms with E-state index >= 15 is 0 Å². The molecule has 0 aromatic rings. The summed E-state index contributed by atoms with van der Waals surface area (Å²) in [5.74, 6) is 3.36. The number of nitrogens with two attached hydrogens (primary N) is 1. The Kier molecular flexibility index (Phi) is 9.27. The van der Waals surface area contributed by atoms with Gasteiger partial charge in [0.25, 0.3) is 0 Å². The van der Waals surface area contributed by atoms with Crippen LogP contribution in [0.5, 0.6) is 0 Å². The van der Waals surface area contributed by atoms with E-state index in [0.29, 0.717) is 24.2 Å². The van der Waals surface area contributed by atoms with E-state index in [1.807, 2.05) is 0 Å². The first-order chi connectivity index (χ1) is 17.8. The normalized spacial score (nSPS) is 39.9. The molecule has 0 aromatic heterocycles. The van der Waals surface area contributed by atoms with Crippen LogP contribution in [-0.4, -0.2) is 34.7 Å². The number of phosphoric ester groups is 1. The van der Waals surface area contributed by atoms with E-state index in [1.165, 1.54) is 50.5 Å². The number of carbonyl (C=O) groups is 1. The van der Waals surface area contributed by atoms with Gasteiger partial charge in [0, 0.05) is 0 Å². The second-order valence-corrected chi connectivity index (χ2v) is 15.4. The van der Waals surface area contributed by atoms with Crippen LogP contribution in [0, 0.1) is 46.3 Å². The van der Waals surface area contributed by atoms with E-state index in [9.17, 15) is 14.3 Å². The number of aliphatic carboxylic acids is 1. The van der Waals surface area contributed by atoms with Gasteiger partial charge in [0.2, 0.25) is 0 Å². The maximum atomic E-state index is 12.5. The van der Waals surface area contributed by atoms with Crippen molar-refractivity contribution in [2.45, 2.75) is 117 Å². The van der Waals surface area contributed by atoms with Crippen molar-refractivity contribution in [2.75, 3.05) is 6.61 Å². The van der Waals surface area contributed by atoms with Crippen LogP contribution in [-0.2, 0) is 18.4 Å². The molecule has 3 saturated carbocycles. The largest absolute Gasteiger partial charge is 0.480 e. The summed E-state index contributed by atoms with van der Waals surface area (Å²) in [5.41, 5.74) is 7.36. The topological polar surface area (TPSA) is 119 Å². The SMILES string of the molecule is CC(C)CCC[C@@H](C)[C@H]1CCC2C3CC=C4C[C@@H](OP(=O)(O)OC[C@@H](N)C(=O)O)CC[C@]4(C)C3CC[C@@]21C. The fourth-order valence-electron chi connectivity index (χ4n) is 9.21. The zero-order chi connectivity index (χ0) is 27.9. The number of phosphoric acid groups is 1.